The van der Waals surface area contributed by atoms with Gasteiger partial charge >= 0.3 is 0 Å². The maximum absolute atomic E-state index is 5.34. The van der Waals surface area contributed by atoms with Gasteiger partial charge in [0.05, 0.1) is 12.3 Å². The number of imidazole rings is 1. The number of nitrogens with zero attached hydrogens (tertiary/aromatic N) is 2. The van der Waals surface area contributed by atoms with E-state index >= 15 is 0 Å². The van der Waals surface area contributed by atoms with Crippen molar-refractivity contribution in [2.24, 2.45) is 0 Å². The Labute approximate surface area is 78.7 Å². The first-order valence-electron chi connectivity index (χ1n) is 4.71. The van der Waals surface area contributed by atoms with Crippen molar-refractivity contribution in [2.45, 2.75) is 39.3 Å². The van der Waals surface area contributed by atoms with Crippen LogP contribution in [0.5, 0.6) is 0 Å². The van der Waals surface area contributed by atoms with Crippen LogP contribution in [0.4, 0.5) is 0 Å². The molecule has 3 heteroatoms. The lowest BCUT2D eigenvalue weighted by Gasteiger charge is -2.14. The molecule has 3 nitrogen and oxygen atoms in total. The van der Waals surface area contributed by atoms with E-state index in [0.717, 1.165) is 24.7 Å². The Bertz CT molecular complexity index is 286. The maximum atomic E-state index is 5.34. The summed E-state index contributed by atoms with van der Waals surface area (Å²) in [5.41, 5.74) is 1.30. The number of rotatable bonds is 0. The summed E-state index contributed by atoms with van der Waals surface area (Å²) < 4.78 is 7.54. The molecule has 13 heavy (non-hydrogen) atoms. The van der Waals surface area contributed by atoms with Gasteiger partial charge in [0.15, 0.2) is 0 Å². The van der Waals surface area contributed by atoms with Crippen LogP contribution in [0.15, 0.2) is 6.20 Å². The molecule has 0 amide bonds. The molecular weight excluding hydrogens is 164 g/mol. The van der Waals surface area contributed by atoms with Gasteiger partial charge in [-0.15, -0.1) is 0 Å². The molecule has 0 aliphatic carbocycles. The van der Waals surface area contributed by atoms with Gasteiger partial charge in [-0.1, -0.05) is 20.8 Å². The molecule has 1 aliphatic rings. The first-order chi connectivity index (χ1) is 6.07. The molecule has 0 N–H and O–H groups in total. The molecule has 0 saturated carbocycles. The van der Waals surface area contributed by atoms with E-state index in [1.807, 2.05) is 0 Å². The quantitative estimate of drug-likeness (QED) is 0.607. The lowest BCUT2D eigenvalue weighted by atomic mass is 9.93. The van der Waals surface area contributed by atoms with Gasteiger partial charge in [0, 0.05) is 18.2 Å². The molecule has 0 aromatic carbocycles. The minimum Gasteiger partial charge on any atom is -0.372 e. The van der Waals surface area contributed by atoms with Crippen LogP contribution in [0.2, 0.25) is 0 Å². The fourth-order valence-electron chi connectivity index (χ4n) is 1.45. The zero-order valence-electron chi connectivity index (χ0n) is 8.50. The first-order valence-corrected chi connectivity index (χ1v) is 4.71. The molecule has 0 unspecified atom stereocenters. The SMILES string of the molecule is CC(C)(C)c1cn2c(n1)COCC2. The first kappa shape index (κ1) is 8.75. The van der Waals surface area contributed by atoms with Crippen LogP contribution in [0.25, 0.3) is 0 Å². The fourth-order valence-corrected chi connectivity index (χ4v) is 1.45. The predicted molar refractivity (Wildman–Crippen MR) is 50.6 cm³/mol. The minimum atomic E-state index is 0.143. The highest BCUT2D eigenvalue weighted by atomic mass is 16.5. The van der Waals surface area contributed by atoms with Crippen molar-refractivity contribution in [3.8, 4) is 0 Å². The van der Waals surface area contributed by atoms with Crippen molar-refractivity contribution in [2.75, 3.05) is 6.61 Å². The topological polar surface area (TPSA) is 27.1 Å². The zero-order chi connectivity index (χ0) is 9.47. The molecule has 2 heterocycles. The highest BCUT2D eigenvalue weighted by Crippen LogP contribution is 2.22. The monoisotopic (exact) mass is 180 g/mol. The second-order valence-electron chi connectivity index (χ2n) is 4.54. The van der Waals surface area contributed by atoms with Crippen molar-refractivity contribution in [1.29, 1.82) is 0 Å². The van der Waals surface area contributed by atoms with E-state index in [9.17, 15) is 0 Å². The van der Waals surface area contributed by atoms with Gasteiger partial charge in [-0.25, -0.2) is 4.98 Å². The Morgan fingerprint density at radius 1 is 1.46 bits per heavy atom. The minimum absolute atomic E-state index is 0.143. The normalized spacial score (nSPS) is 17.2. The van der Waals surface area contributed by atoms with E-state index < -0.39 is 0 Å². The smallest absolute Gasteiger partial charge is 0.135 e. The van der Waals surface area contributed by atoms with E-state index in [4.69, 9.17) is 4.74 Å². The van der Waals surface area contributed by atoms with Gasteiger partial charge in [-0.2, -0.15) is 0 Å². The fraction of sp³-hybridized carbons (Fsp3) is 0.700. The van der Waals surface area contributed by atoms with Crippen LogP contribution < -0.4 is 0 Å². The van der Waals surface area contributed by atoms with Gasteiger partial charge in [-0.3, -0.25) is 0 Å². The third-order valence-corrected chi connectivity index (χ3v) is 2.34. The van der Waals surface area contributed by atoms with Crippen LogP contribution in [-0.2, 0) is 23.3 Å². The average Bonchev–Trinajstić information content (AvgIpc) is 2.45. The van der Waals surface area contributed by atoms with Gasteiger partial charge in [0.1, 0.15) is 12.4 Å². The molecular formula is C10H16N2O. The summed E-state index contributed by atoms with van der Waals surface area (Å²) in [5.74, 6) is 1.07. The highest BCUT2D eigenvalue weighted by molar-refractivity contribution is 5.13. The third kappa shape index (κ3) is 1.61. The highest BCUT2D eigenvalue weighted by Gasteiger charge is 2.20. The van der Waals surface area contributed by atoms with Crippen molar-refractivity contribution in [1.82, 2.24) is 9.55 Å². The molecule has 0 radical (unpaired) electrons. The number of ether oxygens (including phenoxy) is 1. The largest absolute Gasteiger partial charge is 0.372 e. The maximum Gasteiger partial charge on any atom is 0.135 e. The van der Waals surface area contributed by atoms with Crippen molar-refractivity contribution in [3.63, 3.8) is 0 Å². The Hall–Kier alpha value is -0.830. The average molecular weight is 180 g/mol. The van der Waals surface area contributed by atoms with E-state index in [1.54, 1.807) is 0 Å². The number of hydrogen-bond acceptors (Lipinski definition) is 2. The predicted octanol–water partition coefficient (Wildman–Crippen LogP) is 1.71. The Morgan fingerprint density at radius 3 is 2.85 bits per heavy atom. The molecule has 1 aromatic rings. The summed E-state index contributed by atoms with van der Waals surface area (Å²) in [7, 11) is 0. The van der Waals surface area contributed by atoms with Gasteiger partial charge in [0.25, 0.3) is 0 Å². The van der Waals surface area contributed by atoms with Crippen molar-refractivity contribution < 1.29 is 4.74 Å². The summed E-state index contributed by atoms with van der Waals surface area (Å²) in [4.78, 5) is 4.56. The van der Waals surface area contributed by atoms with E-state index in [1.165, 1.54) is 0 Å². The van der Waals surface area contributed by atoms with Crippen molar-refractivity contribution >= 4 is 0 Å². The van der Waals surface area contributed by atoms with E-state index in [0.29, 0.717) is 6.61 Å². The van der Waals surface area contributed by atoms with Gasteiger partial charge in [-0.05, 0) is 0 Å². The van der Waals surface area contributed by atoms with Crippen LogP contribution in [0, 0.1) is 0 Å². The Balaban J connectivity index is 2.36. The molecule has 1 aromatic heterocycles. The van der Waals surface area contributed by atoms with Crippen molar-refractivity contribution in [3.05, 3.63) is 17.7 Å². The van der Waals surface area contributed by atoms with Crippen LogP contribution in [0.3, 0.4) is 0 Å². The van der Waals surface area contributed by atoms with Gasteiger partial charge in [0.2, 0.25) is 0 Å². The molecule has 0 atom stereocenters. The van der Waals surface area contributed by atoms with Crippen LogP contribution in [0.1, 0.15) is 32.3 Å². The van der Waals surface area contributed by atoms with E-state index in [2.05, 4.69) is 36.5 Å². The summed E-state index contributed by atoms with van der Waals surface area (Å²) in [6.45, 7) is 8.97. The standard InChI is InChI=1S/C10H16N2O/c1-10(2,3)8-6-12-4-5-13-7-9(12)11-8/h6H,4-5,7H2,1-3H3. The van der Waals surface area contributed by atoms with E-state index in [-0.39, 0.29) is 5.41 Å². The lowest BCUT2D eigenvalue weighted by Crippen LogP contribution is -2.15. The summed E-state index contributed by atoms with van der Waals surface area (Å²) in [6, 6.07) is 0. The second kappa shape index (κ2) is 2.84. The molecule has 72 valence electrons. The summed E-state index contributed by atoms with van der Waals surface area (Å²) in [6.07, 6.45) is 2.15. The third-order valence-electron chi connectivity index (χ3n) is 2.34. The summed E-state index contributed by atoms with van der Waals surface area (Å²) in [5, 5.41) is 0. The number of aromatic nitrogens is 2. The Kier molecular flexibility index (Phi) is 1.91. The van der Waals surface area contributed by atoms with Crippen LogP contribution in [-0.4, -0.2) is 16.2 Å². The molecule has 1 aliphatic heterocycles. The molecule has 0 fully saturated rings. The lowest BCUT2D eigenvalue weighted by molar-refractivity contribution is 0.0816. The second-order valence-corrected chi connectivity index (χ2v) is 4.54. The molecule has 2 rings (SSSR count). The van der Waals surface area contributed by atoms with Gasteiger partial charge < -0.3 is 9.30 Å². The molecule has 0 spiro atoms. The number of hydrogen-bond donors (Lipinski definition) is 0. The van der Waals surface area contributed by atoms with Crippen LogP contribution >= 0.6 is 0 Å². The molecule has 0 bridgehead atoms. The zero-order valence-corrected chi connectivity index (χ0v) is 8.50. The molecule has 0 saturated heterocycles. The number of fused-ring (bicyclic) bond motifs is 1. The Morgan fingerprint density at radius 2 is 2.23 bits per heavy atom. The summed E-state index contributed by atoms with van der Waals surface area (Å²) >= 11 is 0.